The van der Waals surface area contributed by atoms with E-state index in [1.54, 1.807) is 25.1 Å². The van der Waals surface area contributed by atoms with Gasteiger partial charge in [0.15, 0.2) is 5.78 Å². The number of halogens is 1. The summed E-state index contributed by atoms with van der Waals surface area (Å²) >= 11 is 0. The third kappa shape index (κ3) is 5.32. The van der Waals surface area contributed by atoms with E-state index in [4.69, 9.17) is 0 Å². The van der Waals surface area contributed by atoms with Gasteiger partial charge in [0.2, 0.25) is 0 Å². The van der Waals surface area contributed by atoms with E-state index in [1.165, 1.54) is 6.07 Å². The molecule has 5 heteroatoms. The second-order valence-electron chi connectivity index (χ2n) is 9.13. The van der Waals surface area contributed by atoms with E-state index in [2.05, 4.69) is 23.6 Å². The molecule has 1 N–H and O–H groups in total. The first-order chi connectivity index (χ1) is 15.8. The highest BCUT2D eigenvalue weighted by Crippen LogP contribution is 2.35. The molecule has 4 nitrogen and oxygen atoms in total. The lowest BCUT2D eigenvalue weighted by Gasteiger charge is -2.47. The first-order valence-corrected chi connectivity index (χ1v) is 11.5. The number of carbonyl (C=O) groups is 1. The Morgan fingerprint density at radius 3 is 2.36 bits per heavy atom. The van der Waals surface area contributed by atoms with Crippen LogP contribution in [0.2, 0.25) is 0 Å². The molecule has 3 atom stereocenters. The number of phenolic OH excluding ortho intramolecular Hbond substituents is 1. The Hall–Kier alpha value is -3.02. The van der Waals surface area contributed by atoms with E-state index < -0.39 is 0 Å². The zero-order chi connectivity index (χ0) is 23.5. The topological polar surface area (TPSA) is 43.8 Å². The quantitative estimate of drug-likeness (QED) is 0.514. The molecule has 1 aliphatic rings. The number of Topliss-reactive ketones (excluding diaryl/α,β-unsaturated/α-hetero) is 1. The normalized spacial score (nSPS) is 20.5. The van der Waals surface area contributed by atoms with Crippen LogP contribution in [0.4, 0.5) is 4.39 Å². The van der Waals surface area contributed by atoms with Gasteiger partial charge >= 0.3 is 0 Å². The standard InChI is InChI=1S/C28H31FN2O2/c1-19-17-31(20(2)16-30(19)18-22-6-4-8-26(29)14-22)28(25-7-5-9-27(33)15-25)24-12-10-23(11-13-24)21(3)32/h4-15,19-20,28,33H,16-18H2,1-3H3. The van der Waals surface area contributed by atoms with Crippen molar-refractivity contribution in [1.82, 2.24) is 9.80 Å². The van der Waals surface area contributed by atoms with Crippen molar-refractivity contribution < 1.29 is 14.3 Å². The molecule has 0 aromatic heterocycles. The minimum Gasteiger partial charge on any atom is -0.508 e. The lowest BCUT2D eigenvalue weighted by Crippen LogP contribution is -2.56. The minimum atomic E-state index is -0.204. The van der Waals surface area contributed by atoms with Gasteiger partial charge in [0.05, 0.1) is 6.04 Å². The molecule has 0 amide bonds. The first kappa shape index (κ1) is 23.1. The van der Waals surface area contributed by atoms with Crippen molar-refractivity contribution in [1.29, 1.82) is 0 Å². The summed E-state index contributed by atoms with van der Waals surface area (Å²) in [5.41, 5.74) is 3.77. The van der Waals surface area contributed by atoms with E-state index in [0.717, 1.165) is 29.8 Å². The molecule has 0 aliphatic carbocycles. The van der Waals surface area contributed by atoms with E-state index >= 15 is 0 Å². The molecule has 0 radical (unpaired) electrons. The van der Waals surface area contributed by atoms with Crippen LogP contribution in [0.25, 0.3) is 0 Å². The average Bonchev–Trinajstić information content (AvgIpc) is 2.78. The monoisotopic (exact) mass is 446 g/mol. The van der Waals surface area contributed by atoms with Crippen LogP contribution in [-0.2, 0) is 6.54 Å². The third-order valence-corrected chi connectivity index (χ3v) is 6.59. The maximum absolute atomic E-state index is 13.7. The Balaban J connectivity index is 1.62. The smallest absolute Gasteiger partial charge is 0.159 e. The Kier molecular flexibility index (Phi) is 6.91. The van der Waals surface area contributed by atoms with Crippen LogP contribution in [0, 0.1) is 5.82 Å². The summed E-state index contributed by atoms with van der Waals surface area (Å²) < 4.78 is 13.7. The van der Waals surface area contributed by atoms with Crippen LogP contribution in [-0.4, -0.2) is 45.9 Å². The maximum Gasteiger partial charge on any atom is 0.159 e. The van der Waals surface area contributed by atoms with Crippen LogP contribution in [0.1, 0.15) is 53.9 Å². The predicted molar refractivity (Wildman–Crippen MR) is 129 cm³/mol. The van der Waals surface area contributed by atoms with Gasteiger partial charge < -0.3 is 5.11 Å². The average molecular weight is 447 g/mol. The number of benzene rings is 3. The van der Waals surface area contributed by atoms with Crippen molar-refractivity contribution in [2.75, 3.05) is 13.1 Å². The van der Waals surface area contributed by atoms with Gasteiger partial charge in [-0.05, 0) is 61.7 Å². The number of piperazine rings is 1. The molecule has 172 valence electrons. The zero-order valence-electron chi connectivity index (χ0n) is 19.4. The van der Waals surface area contributed by atoms with Gasteiger partial charge in [-0.25, -0.2) is 4.39 Å². The highest BCUT2D eigenvalue weighted by molar-refractivity contribution is 5.94. The number of hydrogen-bond acceptors (Lipinski definition) is 4. The molecule has 1 saturated heterocycles. The molecule has 1 heterocycles. The fraction of sp³-hybridized carbons (Fsp3) is 0.321. The second-order valence-corrected chi connectivity index (χ2v) is 9.13. The van der Waals surface area contributed by atoms with Crippen molar-refractivity contribution in [3.63, 3.8) is 0 Å². The van der Waals surface area contributed by atoms with Gasteiger partial charge in [-0.3, -0.25) is 14.6 Å². The van der Waals surface area contributed by atoms with E-state index in [1.807, 2.05) is 48.5 Å². The molecular formula is C28H31FN2O2. The minimum absolute atomic E-state index is 0.0448. The summed E-state index contributed by atoms with van der Waals surface area (Å²) in [6.45, 7) is 8.37. The molecule has 1 aliphatic heterocycles. The fourth-order valence-corrected chi connectivity index (χ4v) is 4.85. The molecule has 33 heavy (non-hydrogen) atoms. The van der Waals surface area contributed by atoms with Crippen molar-refractivity contribution in [3.05, 3.63) is 101 Å². The molecule has 3 aromatic carbocycles. The maximum atomic E-state index is 13.7. The molecule has 1 fully saturated rings. The second kappa shape index (κ2) is 9.86. The third-order valence-electron chi connectivity index (χ3n) is 6.59. The fourth-order valence-electron chi connectivity index (χ4n) is 4.85. The highest BCUT2D eigenvalue weighted by atomic mass is 19.1. The number of aromatic hydroxyl groups is 1. The van der Waals surface area contributed by atoms with Gasteiger partial charge in [-0.1, -0.05) is 48.5 Å². The number of carbonyl (C=O) groups excluding carboxylic acids is 1. The summed E-state index contributed by atoms with van der Waals surface area (Å²) in [7, 11) is 0. The van der Waals surface area contributed by atoms with Gasteiger partial charge in [-0.2, -0.15) is 0 Å². The van der Waals surface area contributed by atoms with E-state index in [0.29, 0.717) is 12.1 Å². The number of ketones is 1. The molecular weight excluding hydrogens is 415 g/mol. The Morgan fingerprint density at radius 2 is 1.70 bits per heavy atom. The number of hydrogen-bond donors (Lipinski definition) is 1. The summed E-state index contributed by atoms with van der Waals surface area (Å²) in [6.07, 6.45) is 0. The van der Waals surface area contributed by atoms with Crippen LogP contribution in [0.15, 0.2) is 72.8 Å². The Labute approximate surface area is 195 Å². The lowest BCUT2D eigenvalue weighted by molar-refractivity contribution is 0.0194. The van der Waals surface area contributed by atoms with Crippen molar-refractivity contribution in [2.45, 2.75) is 45.4 Å². The van der Waals surface area contributed by atoms with Crippen molar-refractivity contribution >= 4 is 5.78 Å². The molecule has 3 unspecified atom stereocenters. The molecule has 3 aromatic rings. The summed E-state index contributed by atoms with van der Waals surface area (Å²) in [6, 6.07) is 22.5. The lowest BCUT2D eigenvalue weighted by atomic mass is 9.92. The predicted octanol–water partition coefficient (Wildman–Crippen LogP) is 5.42. The van der Waals surface area contributed by atoms with E-state index in [-0.39, 0.29) is 35.5 Å². The van der Waals surface area contributed by atoms with Gasteiger partial charge in [-0.15, -0.1) is 0 Å². The molecule has 0 saturated carbocycles. The van der Waals surface area contributed by atoms with E-state index in [9.17, 15) is 14.3 Å². The van der Waals surface area contributed by atoms with Crippen LogP contribution in [0.3, 0.4) is 0 Å². The summed E-state index contributed by atoms with van der Waals surface area (Å²) in [4.78, 5) is 16.6. The number of nitrogens with zero attached hydrogens (tertiary/aromatic N) is 2. The van der Waals surface area contributed by atoms with Crippen molar-refractivity contribution in [3.8, 4) is 5.75 Å². The largest absolute Gasteiger partial charge is 0.508 e. The SMILES string of the molecule is CC(=O)c1ccc(C(c2cccc(O)c2)N2CC(C)N(Cc3cccc(F)c3)CC2C)cc1. The van der Waals surface area contributed by atoms with Gasteiger partial charge in [0.1, 0.15) is 11.6 Å². The van der Waals surface area contributed by atoms with Gasteiger partial charge in [0, 0.05) is 37.3 Å². The first-order valence-electron chi connectivity index (χ1n) is 11.5. The molecule has 0 spiro atoms. The zero-order valence-corrected chi connectivity index (χ0v) is 19.4. The highest BCUT2D eigenvalue weighted by Gasteiger charge is 2.35. The summed E-state index contributed by atoms with van der Waals surface area (Å²) in [5.74, 6) is 0.0801. The van der Waals surface area contributed by atoms with Crippen LogP contribution >= 0.6 is 0 Å². The summed E-state index contributed by atoms with van der Waals surface area (Å²) in [5, 5.41) is 10.2. The van der Waals surface area contributed by atoms with Crippen LogP contribution in [0.5, 0.6) is 5.75 Å². The van der Waals surface area contributed by atoms with Gasteiger partial charge in [0.25, 0.3) is 0 Å². The Bertz CT molecular complexity index is 1110. The molecule has 0 bridgehead atoms. The Morgan fingerprint density at radius 1 is 0.970 bits per heavy atom. The van der Waals surface area contributed by atoms with Crippen LogP contribution < -0.4 is 0 Å². The number of rotatable bonds is 6. The van der Waals surface area contributed by atoms with Crippen molar-refractivity contribution in [2.24, 2.45) is 0 Å². The number of phenols is 1. The molecule has 4 rings (SSSR count).